The predicted molar refractivity (Wildman–Crippen MR) is 89.7 cm³/mol. The summed E-state index contributed by atoms with van der Waals surface area (Å²) in [5, 5.41) is 0. The first-order valence-electron chi connectivity index (χ1n) is 7.01. The number of ether oxygens (including phenoxy) is 1. The second kappa shape index (κ2) is 8.88. The minimum absolute atomic E-state index is 0. The summed E-state index contributed by atoms with van der Waals surface area (Å²) in [5.41, 5.74) is 7.06. The van der Waals surface area contributed by atoms with Crippen LogP contribution in [0.2, 0.25) is 0 Å². The fraction of sp³-hybridized carbons (Fsp3) is 0.600. The summed E-state index contributed by atoms with van der Waals surface area (Å²) in [6.45, 7) is 2.98. The molecule has 2 N–H and O–H groups in total. The van der Waals surface area contributed by atoms with E-state index in [0.29, 0.717) is 6.04 Å². The second-order valence-electron chi connectivity index (χ2n) is 5.17. The molecule has 1 aliphatic rings. The van der Waals surface area contributed by atoms with Crippen LogP contribution in [0.4, 0.5) is 0 Å². The van der Waals surface area contributed by atoms with Crippen LogP contribution < -0.4 is 10.5 Å². The zero-order valence-electron chi connectivity index (χ0n) is 12.0. The molecule has 1 aromatic rings. The fourth-order valence-corrected chi connectivity index (χ4v) is 3.42. The van der Waals surface area contributed by atoms with Crippen LogP contribution >= 0.6 is 28.3 Å². The largest absolute Gasteiger partial charge is 0.496 e. The molecule has 1 atom stereocenters. The van der Waals surface area contributed by atoms with Crippen LogP contribution in [0.3, 0.4) is 0 Å². The van der Waals surface area contributed by atoms with E-state index in [1.165, 1.54) is 31.4 Å². The van der Waals surface area contributed by atoms with Crippen molar-refractivity contribution in [2.24, 2.45) is 5.73 Å². The molecule has 3 nitrogen and oxygen atoms in total. The van der Waals surface area contributed by atoms with E-state index in [1.54, 1.807) is 7.11 Å². The predicted octanol–water partition coefficient (Wildman–Crippen LogP) is 3.58. The Kier molecular flexibility index (Phi) is 7.88. The lowest BCUT2D eigenvalue weighted by Gasteiger charge is -2.35. The normalized spacial score (nSPS) is 19.4. The molecule has 0 bridgehead atoms. The third kappa shape index (κ3) is 4.62. The standard InChI is InChI=1S/C15H23BrN2O.ClH/c1-19-15-6-5-12(10-14(15)16)11-18-9-3-2-4-13(18)7-8-17;/h5-6,10,13H,2-4,7-9,11,17H2,1H3;1H. The zero-order valence-corrected chi connectivity index (χ0v) is 14.4. The lowest BCUT2D eigenvalue weighted by atomic mass is 9.98. The highest BCUT2D eigenvalue weighted by molar-refractivity contribution is 9.10. The number of benzene rings is 1. The Balaban J connectivity index is 0.00000200. The summed E-state index contributed by atoms with van der Waals surface area (Å²) in [7, 11) is 1.70. The highest BCUT2D eigenvalue weighted by Crippen LogP contribution is 2.27. The van der Waals surface area contributed by atoms with E-state index in [4.69, 9.17) is 10.5 Å². The van der Waals surface area contributed by atoms with Gasteiger partial charge in [0.05, 0.1) is 11.6 Å². The average molecular weight is 364 g/mol. The van der Waals surface area contributed by atoms with Crippen LogP contribution in [0.1, 0.15) is 31.2 Å². The summed E-state index contributed by atoms with van der Waals surface area (Å²) in [4.78, 5) is 2.57. The maximum absolute atomic E-state index is 5.73. The van der Waals surface area contributed by atoms with Crippen molar-refractivity contribution in [1.29, 1.82) is 0 Å². The molecule has 1 fully saturated rings. The molecule has 1 saturated heterocycles. The molecule has 0 spiro atoms. The minimum Gasteiger partial charge on any atom is -0.496 e. The van der Waals surface area contributed by atoms with Gasteiger partial charge in [0, 0.05) is 12.6 Å². The van der Waals surface area contributed by atoms with Crippen LogP contribution in [0, 0.1) is 0 Å². The number of piperidine rings is 1. The molecule has 1 aliphatic heterocycles. The molecule has 114 valence electrons. The molecule has 0 radical (unpaired) electrons. The van der Waals surface area contributed by atoms with Crippen LogP contribution in [0.25, 0.3) is 0 Å². The molecule has 2 rings (SSSR count). The van der Waals surface area contributed by atoms with Crippen LogP contribution in [-0.4, -0.2) is 31.1 Å². The van der Waals surface area contributed by atoms with Crippen LogP contribution in [0.5, 0.6) is 5.75 Å². The summed E-state index contributed by atoms with van der Waals surface area (Å²) in [6, 6.07) is 6.99. The van der Waals surface area contributed by atoms with Crippen molar-refractivity contribution in [3.05, 3.63) is 28.2 Å². The van der Waals surface area contributed by atoms with Crippen molar-refractivity contribution in [2.45, 2.75) is 38.3 Å². The topological polar surface area (TPSA) is 38.5 Å². The SMILES string of the molecule is COc1ccc(CN2CCCCC2CCN)cc1Br.Cl. The highest BCUT2D eigenvalue weighted by atomic mass is 79.9. The third-order valence-corrected chi connectivity index (χ3v) is 4.47. The van der Waals surface area contributed by atoms with Crippen molar-refractivity contribution in [3.8, 4) is 5.75 Å². The Morgan fingerprint density at radius 2 is 2.20 bits per heavy atom. The second-order valence-corrected chi connectivity index (χ2v) is 6.02. The smallest absolute Gasteiger partial charge is 0.133 e. The molecule has 1 unspecified atom stereocenters. The summed E-state index contributed by atoms with van der Waals surface area (Å²) >= 11 is 3.55. The summed E-state index contributed by atoms with van der Waals surface area (Å²) < 4.78 is 6.30. The van der Waals surface area contributed by atoms with Crippen molar-refractivity contribution in [1.82, 2.24) is 4.90 Å². The van der Waals surface area contributed by atoms with Gasteiger partial charge in [-0.2, -0.15) is 0 Å². The number of rotatable bonds is 5. The minimum atomic E-state index is 0. The molecule has 0 saturated carbocycles. The van der Waals surface area contributed by atoms with Gasteiger partial charge < -0.3 is 10.5 Å². The molecule has 0 amide bonds. The van der Waals surface area contributed by atoms with Gasteiger partial charge in [0.25, 0.3) is 0 Å². The highest BCUT2D eigenvalue weighted by Gasteiger charge is 2.21. The molecular formula is C15H24BrClN2O. The Hall–Kier alpha value is -0.290. The molecule has 5 heteroatoms. The van der Waals surface area contributed by atoms with Gasteiger partial charge in [-0.05, 0) is 66.0 Å². The quantitative estimate of drug-likeness (QED) is 0.869. The first kappa shape index (κ1) is 17.8. The van der Waals surface area contributed by atoms with Gasteiger partial charge >= 0.3 is 0 Å². The lowest BCUT2D eigenvalue weighted by Crippen LogP contribution is -2.40. The first-order chi connectivity index (χ1) is 9.24. The van der Waals surface area contributed by atoms with E-state index in [1.807, 2.05) is 6.07 Å². The Labute approximate surface area is 136 Å². The molecular weight excluding hydrogens is 340 g/mol. The van der Waals surface area contributed by atoms with Gasteiger partial charge in [-0.25, -0.2) is 0 Å². The van der Waals surface area contributed by atoms with Crippen molar-refractivity contribution >= 4 is 28.3 Å². The molecule has 1 aromatic carbocycles. The number of methoxy groups -OCH3 is 1. The molecule has 1 heterocycles. The Morgan fingerprint density at radius 3 is 2.85 bits per heavy atom. The van der Waals surface area contributed by atoms with Crippen LogP contribution in [-0.2, 0) is 6.54 Å². The maximum Gasteiger partial charge on any atom is 0.133 e. The van der Waals surface area contributed by atoms with E-state index in [9.17, 15) is 0 Å². The van der Waals surface area contributed by atoms with Crippen LogP contribution in [0.15, 0.2) is 22.7 Å². The Morgan fingerprint density at radius 1 is 1.40 bits per heavy atom. The van der Waals surface area contributed by atoms with Gasteiger partial charge in [0.15, 0.2) is 0 Å². The maximum atomic E-state index is 5.73. The van der Waals surface area contributed by atoms with Gasteiger partial charge in [0.1, 0.15) is 5.75 Å². The molecule has 0 aromatic heterocycles. The van der Waals surface area contributed by atoms with Crippen molar-refractivity contribution in [3.63, 3.8) is 0 Å². The van der Waals surface area contributed by atoms with E-state index < -0.39 is 0 Å². The molecule has 20 heavy (non-hydrogen) atoms. The van der Waals surface area contributed by atoms with Gasteiger partial charge in [-0.3, -0.25) is 4.90 Å². The summed E-state index contributed by atoms with van der Waals surface area (Å²) in [6.07, 6.45) is 5.04. The van der Waals surface area contributed by atoms with Gasteiger partial charge in [0.2, 0.25) is 0 Å². The van der Waals surface area contributed by atoms with Gasteiger partial charge in [-0.1, -0.05) is 12.5 Å². The van der Waals surface area contributed by atoms with E-state index in [-0.39, 0.29) is 12.4 Å². The van der Waals surface area contributed by atoms with E-state index in [2.05, 4.69) is 33.0 Å². The van der Waals surface area contributed by atoms with Gasteiger partial charge in [-0.15, -0.1) is 12.4 Å². The monoisotopic (exact) mass is 362 g/mol. The number of hydrogen-bond acceptors (Lipinski definition) is 3. The number of hydrogen-bond donors (Lipinski definition) is 1. The number of halogens is 2. The Bertz CT molecular complexity index is 415. The third-order valence-electron chi connectivity index (χ3n) is 3.85. The number of nitrogens with two attached hydrogens (primary N) is 1. The van der Waals surface area contributed by atoms with Crippen molar-refractivity contribution < 1.29 is 4.74 Å². The average Bonchev–Trinajstić information content (AvgIpc) is 2.41. The lowest BCUT2D eigenvalue weighted by molar-refractivity contribution is 0.134. The first-order valence-corrected chi connectivity index (χ1v) is 7.80. The fourth-order valence-electron chi connectivity index (χ4n) is 2.83. The molecule has 0 aliphatic carbocycles. The number of likely N-dealkylation sites (tertiary alicyclic amines) is 1. The van der Waals surface area contributed by atoms with E-state index in [0.717, 1.165) is 29.7 Å². The zero-order chi connectivity index (χ0) is 13.7. The van der Waals surface area contributed by atoms with Crippen molar-refractivity contribution in [2.75, 3.05) is 20.2 Å². The number of nitrogens with zero attached hydrogens (tertiary/aromatic N) is 1. The summed E-state index contributed by atoms with van der Waals surface area (Å²) in [5.74, 6) is 0.890. The van der Waals surface area contributed by atoms with E-state index >= 15 is 0 Å².